The minimum absolute atomic E-state index is 0.0548. The quantitative estimate of drug-likeness (QED) is 0.846. The third kappa shape index (κ3) is 2.51. The molecule has 3 nitrogen and oxygen atoms in total. The summed E-state index contributed by atoms with van der Waals surface area (Å²) in [5, 5.41) is 6.30. The van der Waals surface area contributed by atoms with E-state index in [9.17, 15) is 4.79 Å². The number of benzene rings is 2. The zero-order valence-corrected chi connectivity index (χ0v) is 12.1. The van der Waals surface area contributed by atoms with Crippen molar-refractivity contribution in [3.8, 4) is 0 Å². The Labute approximate surface area is 122 Å². The van der Waals surface area contributed by atoms with Crippen molar-refractivity contribution in [1.82, 2.24) is 0 Å². The molecule has 1 aliphatic rings. The van der Waals surface area contributed by atoms with Gasteiger partial charge in [-0.05, 0) is 48.6 Å². The van der Waals surface area contributed by atoms with Gasteiger partial charge in [0.1, 0.15) is 0 Å². The average Bonchev–Trinajstić information content (AvgIpc) is 2.94. The molecule has 4 heteroatoms. The number of amides is 1. The minimum Gasteiger partial charge on any atom is -0.384 e. The lowest BCUT2D eigenvalue weighted by atomic mass is 10.1. The SMILES string of the molecule is CSc1ccccc1C(=O)Nc1ccc2c(c1)CCN2. The first-order valence-electron chi connectivity index (χ1n) is 6.59. The number of thioether (sulfide) groups is 1. The van der Waals surface area contributed by atoms with Gasteiger partial charge in [-0.15, -0.1) is 11.8 Å². The number of nitrogens with one attached hydrogen (secondary N) is 2. The van der Waals surface area contributed by atoms with Gasteiger partial charge in [0.05, 0.1) is 5.56 Å². The van der Waals surface area contributed by atoms with Crippen molar-refractivity contribution in [2.24, 2.45) is 0 Å². The molecule has 0 unspecified atom stereocenters. The third-order valence-corrected chi connectivity index (χ3v) is 4.22. The summed E-state index contributed by atoms with van der Waals surface area (Å²) in [5.41, 5.74) is 4.01. The molecule has 0 radical (unpaired) electrons. The molecular formula is C16H16N2OS. The Morgan fingerprint density at radius 1 is 1.25 bits per heavy atom. The van der Waals surface area contributed by atoms with Gasteiger partial charge in [0, 0.05) is 22.8 Å². The number of fused-ring (bicyclic) bond motifs is 1. The summed E-state index contributed by atoms with van der Waals surface area (Å²) in [6.45, 7) is 0.974. The predicted molar refractivity (Wildman–Crippen MR) is 84.8 cm³/mol. The van der Waals surface area contributed by atoms with Crippen LogP contribution in [0.1, 0.15) is 15.9 Å². The van der Waals surface area contributed by atoms with Crippen molar-refractivity contribution in [1.29, 1.82) is 0 Å². The third-order valence-electron chi connectivity index (χ3n) is 3.42. The Morgan fingerprint density at radius 3 is 2.95 bits per heavy atom. The molecule has 0 saturated heterocycles. The summed E-state index contributed by atoms with van der Waals surface area (Å²) in [4.78, 5) is 13.3. The first-order valence-corrected chi connectivity index (χ1v) is 7.81. The van der Waals surface area contributed by atoms with Gasteiger partial charge in [-0.2, -0.15) is 0 Å². The molecule has 1 aliphatic heterocycles. The molecule has 1 heterocycles. The number of carbonyl (C=O) groups excluding carboxylic acids is 1. The van der Waals surface area contributed by atoms with Gasteiger partial charge in [0.2, 0.25) is 0 Å². The van der Waals surface area contributed by atoms with Gasteiger partial charge in [-0.1, -0.05) is 12.1 Å². The molecule has 0 aliphatic carbocycles. The van der Waals surface area contributed by atoms with Crippen LogP contribution in [0, 0.1) is 0 Å². The molecule has 2 aromatic carbocycles. The number of rotatable bonds is 3. The fraction of sp³-hybridized carbons (Fsp3) is 0.188. The summed E-state index contributed by atoms with van der Waals surface area (Å²) < 4.78 is 0. The molecule has 102 valence electrons. The van der Waals surface area contributed by atoms with E-state index in [2.05, 4.69) is 16.7 Å². The van der Waals surface area contributed by atoms with E-state index in [1.807, 2.05) is 42.7 Å². The van der Waals surface area contributed by atoms with Crippen LogP contribution in [0.25, 0.3) is 0 Å². The first kappa shape index (κ1) is 13.1. The smallest absolute Gasteiger partial charge is 0.256 e. The summed E-state index contributed by atoms with van der Waals surface area (Å²) in [6, 6.07) is 13.7. The van der Waals surface area contributed by atoms with Crippen molar-refractivity contribution in [3.63, 3.8) is 0 Å². The van der Waals surface area contributed by atoms with Crippen LogP contribution in [0.3, 0.4) is 0 Å². The van der Waals surface area contributed by atoms with Crippen LogP contribution in [0.5, 0.6) is 0 Å². The average molecular weight is 284 g/mol. The molecule has 1 amide bonds. The molecule has 2 N–H and O–H groups in total. The van der Waals surface area contributed by atoms with E-state index in [1.54, 1.807) is 11.8 Å². The second kappa shape index (κ2) is 5.59. The van der Waals surface area contributed by atoms with E-state index in [4.69, 9.17) is 0 Å². The lowest BCUT2D eigenvalue weighted by Gasteiger charge is -2.09. The highest BCUT2D eigenvalue weighted by Gasteiger charge is 2.13. The van der Waals surface area contributed by atoms with Crippen molar-refractivity contribution < 1.29 is 4.79 Å². The Hall–Kier alpha value is -1.94. The molecular weight excluding hydrogens is 268 g/mol. The van der Waals surface area contributed by atoms with Crippen LogP contribution in [-0.4, -0.2) is 18.7 Å². The highest BCUT2D eigenvalue weighted by molar-refractivity contribution is 7.98. The van der Waals surface area contributed by atoms with E-state index >= 15 is 0 Å². The Morgan fingerprint density at radius 2 is 2.10 bits per heavy atom. The van der Waals surface area contributed by atoms with Crippen molar-refractivity contribution in [2.45, 2.75) is 11.3 Å². The van der Waals surface area contributed by atoms with E-state index in [0.717, 1.165) is 29.1 Å². The highest BCUT2D eigenvalue weighted by Crippen LogP contribution is 2.26. The molecule has 0 aromatic heterocycles. The molecule has 0 fully saturated rings. The molecule has 2 aromatic rings. The number of hydrogen-bond donors (Lipinski definition) is 2. The topological polar surface area (TPSA) is 41.1 Å². The molecule has 0 spiro atoms. The standard InChI is InChI=1S/C16H16N2OS/c1-20-15-5-3-2-4-13(15)16(19)18-12-6-7-14-11(10-12)8-9-17-14/h2-7,10,17H,8-9H2,1H3,(H,18,19). The zero-order chi connectivity index (χ0) is 13.9. The van der Waals surface area contributed by atoms with Crippen molar-refractivity contribution >= 4 is 29.0 Å². The molecule has 20 heavy (non-hydrogen) atoms. The van der Waals surface area contributed by atoms with Gasteiger partial charge in [-0.3, -0.25) is 4.79 Å². The first-order chi connectivity index (χ1) is 9.78. The van der Waals surface area contributed by atoms with Crippen LogP contribution >= 0.6 is 11.8 Å². The van der Waals surface area contributed by atoms with Gasteiger partial charge in [0.25, 0.3) is 5.91 Å². The molecule has 3 rings (SSSR count). The van der Waals surface area contributed by atoms with Gasteiger partial charge >= 0.3 is 0 Å². The second-order valence-corrected chi connectivity index (χ2v) is 5.55. The van der Waals surface area contributed by atoms with Crippen LogP contribution in [0.2, 0.25) is 0 Å². The van der Waals surface area contributed by atoms with E-state index in [-0.39, 0.29) is 5.91 Å². The zero-order valence-electron chi connectivity index (χ0n) is 11.3. The monoisotopic (exact) mass is 284 g/mol. The summed E-state index contributed by atoms with van der Waals surface area (Å²) in [6.07, 6.45) is 2.99. The fourth-order valence-corrected chi connectivity index (χ4v) is 3.01. The number of hydrogen-bond acceptors (Lipinski definition) is 3. The molecule has 0 bridgehead atoms. The van der Waals surface area contributed by atoms with Crippen LogP contribution in [-0.2, 0) is 6.42 Å². The molecule has 0 atom stereocenters. The summed E-state index contributed by atoms with van der Waals surface area (Å²) >= 11 is 1.58. The summed E-state index contributed by atoms with van der Waals surface area (Å²) in [5.74, 6) is -0.0548. The predicted octanol–water partition coefficient (Wildman–Crippen LogP) is 3.63. The van der Waals surface area contributed by atoms with E-state index in [0.29, 0.717) is 0 Å². The van der Waals surface area contributed by atoms with E-state index < -0.39 is 0 Å². The normalized spacial score (nSPS) is 12.7. The largest absolute Gasteiger partial charge is 0.384 e. The van der Waals surface area contributed by atoms with Crippen LogP contribution in [0.4, 0.5) is 11.4 Å². The maximum Gasteiger partial charge on any atom is 0.256 e. The number of anilines is 2. The Kier molecular flexibility index (Phi) is 3.65. The lowest BCUT2D eigenvalue weighted by Crippen LogP contribution is -2.13. The van der Waals surface area contributed by atoms with Gasteiger partial charge in [-0.25, -0.2) is 0 Å². The van der Waals surface area contributed by atoms with Gasteiger partial charge in [0.15, 0.2) is 0 Å². The van der Waals surface area contributed by atoms with Crippen LogP contribution < -0.4 is 10.6 Å². The van der Waals surface area contributed by atoms with Crippen LogP contribution in [0.15, 0.2) is 47.4 Å². The maximum absolute atomic E-state index is 12.4. The summed E-state index contributed by atoms with van der Waals surface area (Å²) in [7, 11) is 0. The molecule has 0 saturated carbocycles. The highest BCUT2D eigenvalue weighted by atomic mass is 32.2. The van der Waals surface area contributed by atoms with Crippen molar-refractivity contribution in [2.75, 3.05) is 23.4 Å². The maximum atomic E-state index is 12.4. The van der Waals surface area contributed by atoms with Gasteiger partial charge < -0.3 is 10.6 Å². The lowest BCUT2D eigenvalue weighted by molar-refractivity contribution is 0.102. The fourth-order valence-electron chi connectivity index (χ4n) is 2.41. The minimum atomic E-state index is -0.0548. The Bertz CT molecular complexity index is 655. The van der Waals surface area contributed by atoms with Crippen molar-refractivity contribution in [3.05, 3.63) is 53.6 Å². The Balaban J connectivity index is 1.82. The van der Waals surface area contributed by atoms with E-state index in [1.165, 1.54) is 11.3 Å². The second-order valence-electron chi connectivity index (χ2n) is 4.70. The number of carbonyl (C=O) groups is 1.